The van der Waals surface area contributed by atoms with Crippen molar-refractivity contribution in [2.75, 3.05) is 0 Å². The largest absolute Gasteiger partial charge is 0.0732 e. The third kappa shape index (κ3) is 1.79. The molecule has 0 heterocycles. The van der Waals surface area contributed by atoms with Crippen molar-refractivity contribution in [2.45, 2.75) is 6.42 Å². The lowest BCUT2D eigenvalue weighted by Gasteiger charge is -2.06. The molecule has 0 saturated carbocycles. The van der Waals surface area contributed by atoms with E-state index in [4.69, 9.17) is 0 Å². The van der Waals surface area contributed by atoms with Gasteiger partial charge in [0.15, 0.2) is 0 Å². The summed E-state index contributed by atoms with van der Waals surface area (Å²) < 4.78 is 0. The SMILES string of the molecule is C1=CC2=CC(Cc3ccccc3)=CC2C=C1. The minimum Gasteiger partial charge on any atom is -0.0732 e. The van der Waals surface area contributed by atoms with Gasteiger partial charge in [0.2, 0.25) is 0 Å². The second-order valence-corrected chi connectivity index (χ2v) is 4.32. The normalized spacial score (nSPS) is 21.6. The lowest BCUT2D eigenvalue weighted by atomic mass is 9.98. The van der Waals surface area contributed by atoms with Gasteiger partial charge in [0, 0.05) is 5.92 Å². The Hall–Kier alpha value is -1.82. The Labute approximate surface area is 96.3 Å². The third-order valence-corrected chi connectivity index (χ3v) is 3.10. The fraction of sp³-hybridized carbons (Fsp3) is 0.125. The fourth-order valence-electron chi connectivity index (χ4n) is 2.30. The van der Waals surface area contributed by atoms with Gasteiger partial charge in [-0.1, -0.05) is 66.8 Å². The van der Waals surface area contributed by atoms with E-state index >= 15 is 0 Å². The van der Waals surface area contributed by atoms with E-state index in [0.29, 0.717) is 5.92 Å². The maximum absolute atomic E-state index is 2.36. The molecule has 0 amide bonds. The Morgan fingerprint density at radius 3 is 2.69 bits per heavy atom. The number of benzene rings is 1. The zero-order chi connectivity index (χ0) is 10.8. The molecule has 0 bridgehead atoms. The summed E-state index contributed by atoms with van der Waals surface area (Å²) in [6, 6.07) is 10.6. The van der Waals surface area contributed by atoms with Crippen molar-refractivity contribution in [1.82, 2.24) is 0 Å². The first-order valence-corrected chi connectivity index (χ1v) is 5.73. The second-order valence-electron chi connectivity index (χ2n) is 4.32. The molecule has 0 saturated heterocycles. The molecule has 0 radical (unpaired) electrons. The summed E-state index contributed by atoms with van der Waals surface area (Å²) in [6.07, 6.45) is 14.4. The molecule has 3 rings (SSSR count). The monoisotopic (exact) mass is 206 g/mol. The van der Waals surface area contributed by atoms with E-state index in [2.05, 4.69) is 66.8 Å². The van der Waals surface area contributed by atoms with Crippen LogP contribution in [0.2, 0.25) is 0 Å². The molecular weight excluding hydrogens is 192 g/mol. The van der Waals surface area contributed by atoms with E-state index in [1.807, 2.05) is 0 Å². The molecule has 0 spiro atoms. The summed E-state index contributed by atoms with van der Waals surface area (Å²) in [6.45, 7) is 0. The Balaban J connectivity index is 1.81. The number of fused-ring (bicyclic) bond motifs is 1. The zero-order valence-electron chi connectivity index (χ0n) is 9.14. The van der Waals surface area contributed by atoms with Gasteiger partial charge in [0.1, 0.15) is 0 Å². The predicted octanol–water partition coefficient (Wildman–Crippen LogP) is 3.84. The highest BCUT2D eigenvalue weighted by Gasteiger charge is 2.15. The van der Waals surface area contributed by atoms with Crippen LogP contribution < -0.4 is 0 Å². The van der Waals surface area contributed by atoms with Crippen molar-refractivity contribution < 1.29 is 0 Å². The van der Waals surface area contributed by atoms with Crippen molar-refractivity contribution in [3.63, 3.8) is 0 Å². The van der Waals surface area contributed by atoms with Gasteiger partial charge >= 0.3 is 0 Å². The highest BCUT2D eigenvalue weighted by atomic mass is 14.2. The van der Waals surface area contributed by atoms with Crippen molar-refractivity contribution in [1.29, 1.82) is 0 Å². The number of hydrogen-bond donors (Lipinski definition) is 0. The van der Waals surface area contributed by atoms with Crippen LogP contribution in [0.25, 0.3) is 0 Å². The predicted molar refractivity (Wildman–Crippen MR) is 68.1 cm³/mol. The van der Waals surface area contributed by atoms with Crippen LogP contribution in [-0.4, -0.2) is 0 Å². The van der Waals surface area contributed by atoms with Crippen molar-refractivity contribution in [3.8, 4) is 0 Å². The number of hydrogen-bond acceptors (Lipinski definition) is 0. The van der Waals surface area contributed by atoms with Crippen LogP contribution >= 0.6 is 0 Å². The highest BCUT2D eigenvalue weighted by molar-refractivity contribution is 5.48. The molecule has 1 unspecified atom stereocenters. The standard InChI is InChI=1S/C16H14/c1-2-6-13(7-3-1)10-14-11-15-8-4-5-9-16(15)12-14/h1-9,11-12,15H,10H2. The summed E-state index contributed by atoms with van der Waals surface area (Å²) in [5.74, 6) is 0.517. The van der Waals surface area contributed by atoms with E-state index in [0.717, 1.165) is 6.42 Å². The van der Waals surface area contributed by atoms with Gasteiger partial charge in [-0.25, -0.2) is 0 Å². The van der Waals surface area contributed by atoms with Crippen molar-refractivity contribution >= 4 is 0 Å². The Kier molecular flexibility index (Phi) is 2.34. The van der Waals surface area contributed by atoms with E-state index in [1.165, 1.54) is 16.7 Å². The Morgan fingerprint density at radius 2 is 1.88 bits per heavy atom. The molecule has 1 atom stereocenters. The van der Waals surface area contributed by atoms with Gasteiger partial charge in [0.05, 0.1) is 0 Å². The lowest BCUT2D eigenvalue weighted by molar-refractivity contribution is 1.01. The summed E-state index contributed by atoms with van der Waals surface area (Å²) in [7, 11) is 0. The van der Waals surface area contributed by atoms with Gasteiger partial charge in [-0.2, -0.15) is 0 Å². The molecule has 0 heteroatoms. The average molecular weight is 206 g/mol. The van der Waals surface area contributed by atoms with Gasteiger partial charge < -0.3 is 0 Å². The molecule has 0 nitrogen and oxygen atoms in total. The molecule has 0 aliphatic heterocycles. The van der Waals surface area contributed by atoms with Gasteiger partial charge in [-0.15, -0.1) is 0 Å². The quantitative estimate of drug-likeness (QED) is 0.689. The van der Waals surface area contributed by atoms with Crippen LogP contribution in [-0.2, 0) is 6.42 Å². The molecule has 0 aromatic heterocycles. The fourth-order valence-corrected chi connectivity index (χ4v) is 2.30. The summed E-state index contributed by atoms with van der Waals surface area (Å²) in [5.41, 5.74) is 4.24. The maximum Gasteiger partial charge on any atom is 0.0207 e. The van der Waals surface area contributed by atoms with Crippen LogP contribution in [0.1, 0.15) is 5.56 Å². The van der Waals surface area contributed by atoms with Crippen LogP contribution in [0.3, 0.4) is 0 Å². The number of allylic oxidation sites excluding steroid dienone is 8. The summed E-state index contributed by atoms with van der Waals surface area (Å²) in [5, 5.41) is 0. The number of rotatable bonds is 2. The zero-order valence-corrected chi connectivity index (χ0v) is 9.14. The van der Waals surface area contributed by atoms with Crippen LogP contribution in [0.5, 0.6) is 0 Å². The molecule has 1 aromatic carbocycles. The molecular formula is C16H14. The first-order valence-electron chi connectivity index (χ1n) is 5.73. The van der Waals surface area contributed by atoms with Gasteiger partial charge in [0.25, 0.3) is 0 Å². The molecule has 1 aromatic rings. The molecule has 2 aliphatic rings. The van der Waals surface area contributed by atoms with E-state index in [1.54, 1.807) is 0 Å². The van der Waals surface area contributed by atoms with E-state index in [-0.39, 0.29) is 0 Å². The summed E-state index contributed by atoms with van der Waals surface area (Å²) >= 11 is 0. The minimum absolute atomic E-state index is 0.517. The first-order chi connectivity index (χ1) is 7.92. The highest BCUT2D eigenvalue weighted by Crippen LogP contribution is 2.30. The van der Waals surface area contributed by atoms with Gasteiger partial charge in [-0.05, 0) is 23.1 Å². The van der Waals surface area contributed by atoms with E-state index in [9.17, 15) is 0 Å². The van der Waals surface area contributed by atoms with Gasteiger partial charge in [-0.3, -0.25) is 0 Å². The average Bonchev–Trinajstić information content (AvgIpc) is 2.72. The van der Waals surface area contributed by atoms with Crippen molar-refractivity contribution in [3.05, 3.63) is 83.5 Å². The summed E-state index contributed by atoms with van der Waals surface area (Å²) in [4.78, 5) is 0. The van der Waals surface area contributed by atoms with Crippen LogP contribution in [0.15, 0.2) is 77.9 Å². The Bertz CT molecular complexity index is 498. The smallest absolute Gasteiger partial charge is 0.0207 e. The van der Waals surface area contributed by atoms with Crippen molar-refractivity contribution in [2.24, 2.45) is 5.92 Å². The topological polar surface area (TPSA) is 0 Å². The molecule has 2 aliphatic carbocycles. The molecule has 78 valence electrons. The maximum atomic E-state index is 2.36. The third-order valence-electron chi connectivity index (χ3n) is 3.10. The van der Waals surface area contributed by atoms with Crippen LogP contribution in [0.4, 0.5) is 0 Å². The molecule has 0 fully saturated rings. The molecule has 16 heavy (non-hydrogen) atoms. The van der Waals surface area contributed by atoms with Crippen LogP contribution in [0, 0.1) is 5.92 Å². The minimum atomic E-state index is 0.517. The van der Waals surface area contributed by atoms with E-state index < -0.39 is 0 Å². The molecule has 0 N–H and O–H groups in total. The second kappa shape index (κ2) is 3.97. The first kappa shape index (κ1) is 9.41. The Morgan fingerprint density at radius 1 is 1.00 bits per heavy atom. The lowest BCUT2D eigenvalue weighted by Crippen LogP contribution is -1.92.